The molecule has 0 aliphatic heterocycles. The van der Waals surface area contributed by atoms with E-state index in [2.05, 4.69) is 33.2 Å². The lowest BCUT2D eigenvalue weighted by atomic mass is 10.1. The van der Waals surface area contributed by atoms with Gasteiger partial charge in [0.2, 0.25) is 0 Å². The maximum absolute atomic E-state index is 12.2. The lowest BCUT2D eigenvalue weighted by molar-refractivity contribution is -0.118. The van der Waals surface area contributed by atoms with E-state index in [0.29, 0.717) is 15.9 Å². The molecular weight excluding hydrogens is 448 g/mol. The number of benzene rings is 2. The van der Waals surface area contributed by atoms with Gasteiger partial charge in [0.1, 0.15) is 5.75 Å². The molecule has 7 heteroatoms. The normalized spacial score (nSPS) is 10.7. The number of rotatable bonds is 6. The van der Waals surface area contributed by atoms with Gasteiger partial charge in [-0.15, -0.1) is 11.3 Å². The Hall–Kier alpha value is -1.89. The highest BCUT2D eigenvalue weighted by Gasteiger charge is 2.13. The van der Waals surface area contributed by atoms with Crippen LogP contribution >= 0.6 is 38.9 Å². The Bertz CT molecular complexity index is 957. The summed E-state index contributed by atoms with van der Waals surface area (Å²) in [5.74, 6) is 0.386. The number of carbonyl (C=O) groups excluding carboxylic acids is 1. The third-order valence-electron chi connectivity index (χ3n) is 3.92. The molecule has 0 aliphatic rings. The van der Waals surface area contributed by atoms with Crippen molar-refractivity contribution < 1.29 is 9.53 Å². The van der Waals surface area contributed by atoms with Crippen LogP contribution in [0.3, 0.4) is 0 Å². The maximum Gasteiger partial charge on any atom is 0.264 e. The van der Waals surface area contributed by atoms with Crippen LogP contribution in [-0.2, 0) is 11.2 Å². The molecule has 1 amide bonds. The SMILES string of the molecule is CCc1ccc(OCC(=O)Nc2nc(-c3ccc(Cl)cc3)c(C)s2)c(Br)c1. The highest BCUT2D eigenvalue weighted by Crippen LogP contribution is 2.31. The molecular formula is C20H18BrClN2O2S. The molecule has 1 heterocycles. The minimum atomic E-state index is -0.252. The van der Waals surface area contributed by atoms with Gasteiger partial charge in [-0.2, -0.15) is 0 Å². The predicted octanol–water partition coefficient (Wildman–Crippen LogP) is 6.11. The van der Waals surface area contributed by atoms with E-state index in [1.165, 1.54) is 16.9 Å². The van der Waals surface area contributed by atoms with Gasteiger partial charge < -0.3 is 4.74 Å². The van der Waals surface area contributed by atoms with E-state index in [0.717, 1.165) is 27.0 Å². The van der Waals surface area contributed by atoms with Crippen molar-refractivity contribution in [2.45, 2.75) is 20.3 Å². The molecule has 3 aromatic rings. The molecule has 0 radical (unpaired) electrons. The third-order valence-corrected chi connectivity index (χ3v) is 5.68. The summed E-state index contributed by atoms with van der Waals surface area (Å²) in [6.45, 7) is 3.98. The molecule has 0 spiro atoms. The van der Waals surface area contributed by atoms with Crippen LogP contribution in [0.5, 0.6) is 5.75 Å². The number of hydrogen-bond acceptors (Lipinski definition) is 4. The first kappa shape index (κ1) is 19.9. The van der Waals surface area contributed by atoms with Crippen molar-refractivity contribution in [3.8, 4) is 17.0 Å². The lowest BCUT2D eigenvalue weighted by Gasteiger charge is -2.09. The summed E-state index contributed by atoms with van der Waals surface area (Å²) < 4.78 is 6.45. The molecule has 3 rings (SSSR count). The molecule has 4 nitrogen and oxygen atoms in total. The van der Waals surface area contributed by atoms with Crippen LogP contribution in [0.2, 0.25) is 5.02 Å². The lowest BCUT2D eigenvalue weighted by Crippen LogP contribution is -2.20. The molecule has 0 aliphatic carbocycles. The highest BCUT2D eigenvalue weighted by molar-refractivity contribution is 9.10. The zero-order valence-corrected chi connectivity index (χ0v) is 18.0. The monoisotopic (exact) mass is 464 g/mol. The van der Waals surface area contributed by atoms with Gasteiger partial charge in [-0.05, 0) is 59.1 Å². The van der Waals surface area contributed by atoms with Gasteiger partial charge in [0.05, 0.1) is 10.2 Å². The van der Waals surface area contributed by atoms with E-state index in [4.69, 9.17) is 16.3 Å². The van der Waals surface area contributed by atoms with E-state index in [1.54, 1.807) is 0 Å². The van der Waals surface area contributed by atoms with E-state index in [-0.39, 0.29) is 12.5 Å². The second-order valence-corrected chi connectivity index (χ2v) is 8.38. The average Bonchev–Trinajstić information content (AvgIpc) is 3.01. The Kier molecular flexibility index (Phi) is 6.52. The van der Waals surface area contributed by atoms with Gasteiger partial charge in [0.15, 0.2) is 11.7 Å². The minimum Gasteiger partial charge on any atom is -0.483 e. The topological polar surface area (TPSA) is 51.2 Å². The molecule has 0 saturated heterocycles. The molecule has 1 N–H and O–H groups in total. The fourth-order valence-corrected chi connectivity index (χ4v) is 4.02. The maximum atomic E-state index is 12.2. The van der Waals surface area contributed by atoms with Crippen LogP contribution in [-0.4, -0.2) is 17.5 Å². The summed E-state index contributed by atoms with van der Waals surface area (Å²) in [4.78, 5) is 17.8. The summed E-state index contributed by atoms with van der Waals surface area (Å²) in [6.07, 6.45) is 0.943. The van der Waals surface area contributed by atoms with Crippen LogP contribution in [0.4, 0.5) is 5.13 Å². The number of aromatic nitrogens is 1. The van der Waals surface area contributed by atoms with Crippen molar-refractivity contribution in [1.82, 2.24) is 4.98 Å². The Morgan fingerprint density at radius 3 is 2.67 bits per heavy atom. The number of nitrogens with zero attached hydrogens (tertiary/aromatic N) is 1. The van der Waals surface area contributed by atoms with E-state index >= 15 is 0 Å². The van der Waals surface area contributed by atoms with Crippen LogP contribution in [0.15, 0.2) is 46.9 Å². The van der Waals surface area contributed by atoms with Crippen molar-refractivity contribution in [3.05, 3.63) is 62.4 Å². The van der Waals surface area contributed by atoms with Crippen molar-refractivity contribution in [1.29, 1.82) is 0 Å². The quantitative estimate of drug-likeness (QED) is 0.477. The smallest absolute Gasteiger partial charge is 0.264 e. The second kappa shape index (κ2) is 8.87. The van der Waals surface area contributed by atoms with Crippen LogP contribution in [0.1, 0.15) is 17.4 Å². The highest BCUT2D eigenvalue weighted by atomic mass is 79.9. The fourth-order valence-electron chi connectivity index (χ4n) is 2.51. The molecule has 0 saturated carbocycles. The molecule has 140 valence electrons. The van der Waals surface area contributed by atoms with Crippen LogP contribution in [0.25, 0.3) is 11.3 Å². The average molecular weight is 466 g/mol. The number of aryl methyl sites for hydroxylation is 2. The van der Waals surface area contributed by atoms with Gasteiger partial charge in [0, 0.05) is 15.5 Å². The zero-order valence-electron chi connectivity index (χ0n) is 14.9. The number of ether oxygens (including phenoxy) is 1. The van der Waals surface area contributed by atoms with Crippen molar-refractivity contribution >= 4 is 49.9 Å². The fraction of sp³-hybridized carbons (Fsp3) is 0.200. The Morgan fingerprint density at radius 2 is 2.00 bits per heavy atom. The van der Waals surface area contributed by atoms with E-state index in [1.807, 2.05) is 49.4 Å². The van der Waals surface area contributed by atoms with Crippen LogP contribution < -0.4 is 10.1 Å². The summed E-state index contributed by atoms with van der Waals surface area (Å²) in [5, 5.41) is 4.02. The van der Waals surface area contributed by atoms with Gasteiger partial charge in [0.25, 0.3) is 5.91 Å². The van der Waals surface area contributed by atoms with Gasteiger partial charge in [-0.25, -0.2) is 4.98 Å². The number of nitrogens with one attached hydrogen (secondary N) is 1. The number of halogens is 2. The first-order valence-corrected chi connectivity index (χ1v) is 10.4. The molecule has 2 aromatic carbocycles. The second-order valence-electron chi connectivity index (χ2n) is 5.89. The number of hydrogen-bond donors (Lipinski definition) is 1. The molecule has 0 fully saturated rings. The molecule has 27 heavy (non-hydrogen) atoms. The Morgan fingerprint density at radius 1 is 1.26 bits per heavy atom. The Labute approximate surface area is 175 Å². The first-order valence-electron chi connectivity index (χ1n) is 8.40. The first-order chi connectivity index (χ1) is 13.0. The molecule has 0 unspecified atom stereocenters. The number of thiazole rings is 1. The number of anilines is 1. The molecule has 0 atom stereocenters. The van der Waals surface area contributed by atoms with Gasteiger partial charge in [-0.1, -0.05) is 36.7 Å². The number of carbonyl (C=O) groups is 1. The summed E-state index contributed by atoms with van der Waals surface area (Å²) in [5.41, 5.74) is 3.00. The standard InChI is InChI=1S/C20H18BrClN2O2S/c1-3-13-4-9-17(16(21)10-13)26-11-18(25)23-20-24-19(12(2)27-20)14-5-7-15(22)8-6-14/h4-10H,3,11H2,1-2H3,(H,23,24,25). The van der Waals surface area contributed by atoms with E-state index in [9.17, 15) is 4.79 Å². The largest absolute Gasteiger partial charge is 0.483 e. The third kappa shape index (κ3) is 5.09. The van der Waals surface area contributed by atoms with Gasteiger partial charge >= 0.3 is 0 Å². The minimum absolute atomic E-state index is 0.0843. The summed E-state index contributed by atoms with van der Waals surface area (Å²) in [7, 11) is 0. The summed E-state index contributed by atoms with van der Waals surface area (Å²) in [6, 6.07) is 13.3. The van der Waals surface area contributed by atoms with Crippen LogP contribution in [0, 0.1) is 6.92 Å². The van der Waals surface area contributed by atoms with Crippen molar-refractivity contribution in [2.75, 3.05) is 11.9 Å². The number of amides is 1. The van der Waals surface area contributed by atoms with Gasteiger partial charge in [-0.3, -0.25) is 10.1 Å². The Balaban J connectivity index is 1.63. The van der Waals surface area contributed by atoms with Crippen molar-refractivity contribution in [3.63, 3.8) is 0 Å². The zero-order chi connectivity index (χ0) is 19.4. The van der Waals surface area contributed by atoms with Crippen molar-refractivity contribution in [2.24, 2.45) is 0 Å². The predicted molar refractivity (Wildman–Crippen MR) is 115 cm³/mol. The molecule has 0 bridgehead atoms. The molecule has 1 aromatic heterocycles. The summed E-state index contributed by atoms with van der Waals surface area (Å²) >= 11 is 10.8. The van der Waals surface area contributed by atoms with E-state index < -0.39 is 0 Å².